The Labute approximate surface area is 100 Å². The second kappa shape index (κ2) is 4.38. The Morgan fingerprint density at radius 1 is 1.35 bits per heavy atom. The van der Waals surface area contributed by atoms with Crippen LogP contribution in [0.5, 0.6) is 0 Å². The molecule has 2 rings (SSSR count). The topological polar surface area (TPSA) is 83.6 Å². The van der Waals surface area contributed by atoms with Crippen molar-refractivity contribution >= 4 is 21.8 Å². The van der Waals surface area contributed by atoms with E-state index in [-0.39, 0.29) is 18.2 Å². The number of hydrogen-bond donors (Lipinski definition) is 1. The Morgan fingerprint density at radius 3 is 2.53 bits per heavy atom. The van der Waals surface area contributed by atoms with Crippen LogP contribution in [0.3, 0.4) is 0 Å². The van der Waals surface area contributed by atoms with E-state index in [1.54, 1.807) is 6.92 Å². The molecule has 1 saturated heterocycles. The van der Waals surface area contributed by atoms with E-state index in [0.29, 0.717) is 6.42 Å². The molecule has 2 aliphatic rings. The first-order valence-electron chi connectivity index (χ1n) is 5.77. The molecule has 7 heteroatoms. The first-order valence-corrected chi connectivity index (χ1v) is 7.38. The molecule has 1 saturated carbocycles. The molecule has 2 fully saturated rings. The molecule has 2 amide bonds. The molecule has 1 aliphatic carbocycles. The van der Waals surface area contributed by atoms with E-state index >= 15 is 0 Å². The average molecular weight is 260 g/mol. The summed E-state index contributed by atoms with van der Waals surface area (Å²) < 4.78 is 25.2. The number of nitrogens with zero attached hydrogens (tertiary/aromatic N) is 1. The lowest BCUT2D eigenvalue weighted by Gasteiger charge is -2.32. The summed E-state index contributed by atoms with van der Waals surface area (Å²) in [5.74, 6) is -0.788. The molecule has 1 heterocycles. The maximum absolute atomic E-state index is 12.1. The monoisotopic (exact) mass is 260 g/mol. The van der Waals surface area contributed by atoms with Gasteiger partial charge in [-0.1, -0.05) is 6.92 Å². The van der Waals surface area contributed by atoms with Gasteiger partial charge in [-0.25, -0.2) is 8.42 Å². The quantitative estimate of drug-likeness (QED) is 0.688. The van der Waals surface area contributed by atoms with Crippen molar-refractivity contribution in [2.75, 3.05) is 12.3 Å². The highest BCUT2D eigenvalue weighted by molar-refractivity contribution is 7.89. The number of sulfonamides is 1. The predicted molar refractivity (Wildman–Crippen MR) is 60.4 cm³/mol. The number of nitrogens with one attached hydrogen (secondary N) is 1. The molecule has 1 unspecified atom stereocenters. The summed E-state index contributed by atoms with van der Waals surface area (Å²) in [5, 5.41) is 2.17. The first kappa shape index (κ1) is 12.5. The van der Waals surface area contributed by atoms with E-state index in [1.165, 1.54) is 0 Å². The lowest BCUT2D eigenvalue weighted by atomic mass is 10.2. The number of rotatable bonds is 4. The fourth-order valence-corrected chi connectivity index (χ4v) is 4.07. The third kappa shape index (κ3) is 2.66. The zero-order valence-corrected chi connectivity index (χ0v) is 10.5. The molecule has 1 aliphatic heterocycles. The first-order chi connectivity index (χ1) is 7.94. The van der Waals surface area contributed by atoms with Crippen LogP contribution in [-0.2, 0) is 19.6 Å². The molecule has 0 aromatic carbocycles. The molecular weight excluding hydrogens is 244 g/mol. The van der Waals surface area contributed by atoms with Gasteiger partial charge >= 0.3 is 0 Å². The van der Waals surface area contributed by atoms with E-state index in [0.717, 1.165) is 17.1 Å². The van der Waals surface area contributed by atoms with Crippen LogP contribution >= 0.6 is 0 Å². The molecule has 0 spiro atoms. The lowest BCUT2D eigenvalue weighted by Crippen LogP contribution is -2.59. The van der Waals surface area contributed by atoms with Crippen molar-refractivity contribution in [2.45, 2.75) is 32.2 Å². The number of piperazine rings is 1. The van der Waals surface area contributed by atoms with E-state index in [4.69, 9.17) is 0 Å². The molecule has 0 aromatic rings. The number of carbonyl (C=O) groups excluding carboxylic acids is 2. The number of hydrogen-bond acceptors (Lipinski definition) is 4. The van der Waals surface area contributed by atoms with Gasteiger partial charge in [0, 0.05) is 0 Å². The Bertz CT molecular complexity index is 441. The highest BCUT2D eigenvalue weighted by atomic mass is 32.2. The normalized spacial score (nSPS) is 27.0. The van der Waals surface area contributed by atoms with Crippen LogP contribution < -0.4 is 5.32 Å². The molecule has 0 bridgehead atoms. The van der Waals surface area contributed by atoms with Gasteiger partial charge in [-0.15, -0.1) is 0 Å². The second-order valence-corrected chi connectivity index (χ2v) is 6.57. The lowest BCUT2D eigenvalue weighted by molar-refractivity contribution is -0.137. The van der Waals surface area contributed by atoms with Crippen molar-refractivity contribution in [3.8, 4) is 0 Å². The number of imide groups is 1. The van der Waals surface area contributed by atoms with E-state index in [1.807, 2.05) is 0 Å². The standard InChI is InChI=1S/C10H16N2O4S/c1-2-8-10(14)11-9(13)5-12(8)17(15,16)6-7-3-4-7/h7-8H,2-6H2,1H3,(H,11,13,14). The number of carbonyl (C=O) groups is 2. The maximum atomic E-state index is 12.1. The van der Waals surface area contributed by atoms with Crippen LogP contribution in [0.2, 0.25) is 0 Å². The van der Waals surface area contributed by atoms with E-state index < -0.39 is 27.9 Å². The van der Waals surface area contributed by atoms with Crippen LogP contribution in [0, 0.1) is 5.92 Å². The summed E-state index contributed by atoms with van der Waals surface area (Å²) in [4.78, 5) is 22.8. The summed E-state index contributed by atoms with van der Waals surface area (Å²) in [5.41, 5.74) is 0. The van der Waals surface area contributed by atoms with Crippen LogP contribution in [0.25, 0.3) is 0 Å². The zero-order chi connectivity index (χ0) is 12.6. The Kier molecular flexibility index (Phi) is 3.22. The van der Waals surface area contributed by atoms with Gasteiger partial charge in [0.1, 0.15) is 6.04 Å². The molecular formula is C10H16N2O4S. The third-order valence-corrected chi connectivity index (χ3v) is 5.09. The van der Waals surface area contributed by atoms with Gasteiger partial charge < -0.3 is 0 Å². The summed E-state index contributed by atoms with van der Waals surface area (Å²) in [6, 6.07) is -0.739. The fraction of sp³-hybridized carbons (Fsp3) is 0.800. The second-order valence-electron chi connectivity index (χ2n) is 4.60. The van der Waals surface area contributed by atoms with Crippen molar-refractivity contribution in [1.29, 1.82) is 0 Å². The van der Waals surface area contributed by atoms with Gasteiger partial charge in [0.05, 0.1) is 12.3 Å². The van der Waals surface area contributed by atoms with Crippen molar-refractivity contribution in [2.24, 2.45) is 5.92 Å². The summed E-state index contributed by atoms with van der Waals surface area (Å²) in [7, 11) is -3.50. The van der Waals surface area contributed by atoms with Crippen LogP contribution in [-0.4, -0.2) is 42.9 Å². The highest BCUT2D eigenvalue weighted by Crippen LogP contribution is 2.32. The van der Waals surface area contributed by atoms with E-state index in [2.05, 4.69) is 5.32 Å². The average Bonchev–Trinajstić information content (AvgIpc) is 3.00. The van der Waals surface area contributed by atoms with Gasteiger partial charge in [0.2, 0.25) is 21.8 Å². The fourth-order valence-electron chi connectivity index (χ4n) is 2.00. The molecule has 1 N–H and O–H groups in total. The summed E-state index contributed by atoms with van der Waals surface area (Å²) in [6.07, 6.45) is 2.22. The van der Waals surface area contributed by atoms with Crippen LogP contribution in [0.15, 0.2) is 0 Å². The van der Waals surface area contributed by atoms with Gasteiger partial charge in [0.15, 0.2) is 0 Å². The molecule has 0 aromatic heterocycles. The Balaban J connectivity index is 2.20. The van der Waals surface area contributed by atoms with Crippen LogP contribution in [0.1, 0.15) is 26.2 Å². The minimum Gasteiger partial charge on any atom is -0.294 e. The molecule has 0 radical (unpaired) electrons. The highest BCUT2D eigenvalue weighted by Gasteiger charge is 2.41. The zero-order valence-electron chi connectivity index (χ0n) is 9.68. The molecule has 96 valence electrons. The SMILES string of the molecule is CCC1C(=O)NC(=O)CN1S(=O)(=O)CC1CC1. The van der Waals surface area contributed by atoms with Gasteiger partial charge in [0.25, 0.3) is 0 Å². The minimum absolute atomic E-state index is 0.0596. The van der Waals surface area contributed by atoms with Crippen molar-refractivity contribution in [1.82, 2.24) is 9.62 Å². The molecule has 6 nitrogen and oxygen atoms in total. The van der Waals surface area contributed by atoms with Gasteiger partial charge in [-0.2, -0.15) is 4.31 Å². The maximum Gasteiger partial charge on any atom is 0.245 e. The van der Waals surface area contributed by atoms with Crippen molar-refractivity contribution < 1.29 is 18.0 Å². The third-order valence-electron chi connectivity index (χ3n) is 3.10. The minimum atomic E-state index is -3.50. The van der Waals surface area contributed by atoms with Gasteiger partial charge in [-0.3, -0.25) is 14.9 Å². The van der Waals surface area contributed by atoms with Crippen molar-refractivity contribution in [3.63, 3.8) is 0 Å². The molecule has 1 atom stereocenters. The Morgan fingerprint density at radius 2 is 2.00 bits per heavy atom. The largest absolute Gasteiger partial charge is 0.294 e. The Hall–Kier alpha value is -0.950. The smallest absolute Gasteiger partial charge is 0.245 e. The van der Waals surface area contributed by atoms with E-state index in [9.17, 15) is 18.0 Å². The molecule has 17 heavy (non-hydrogen) atoms. The number of amides is 2. The van der Waals surface area contributed by atoms with Gasteiger partial charge in [-0.05, 0) is 25.2 Å². The summed E-state index contributed by atoms with van der Waals surface area (Å²) >= 11 is 0. The van der Waals surface area contributed by atoms with Crippen LogP contribution in [0.4, 0.5) is 0 Å². The predicted octanol–water partition coefficient (Wildman–Crippen LogP) is -0.537. The van der Waals surface area contributed by atoms with Crippen molar-refractivity contribution in [3.05, 3.63) is 0 Å². The summed E-state index contributed by atoms with van der Waals surface area (Å²) in [6.45, 7) is 1.50.